The first-order valence-electron chi connectivity index (χ1n) is 10.9. The van der Waals surface area contributed by atoms with Crippen LogP contribution in [0.2, 0.25) is 0 Å². The molecule has 0 fully saturated rings. The standard InChI is InChI=1S/C25H28N6O3/c1-14(2)31-12-16(20-22(26)28-13-29-23(20)31)21(32)15-8-9-18(34-4)17(11-15)25(3)10-6-5-7-19(25)30-24(27)33/h5-14,19H,1-4H3,(H2,26,28,29)(H3,27,30,33). The molecule has 2 heterocycles. The van der Waals surface area contributed by atoms with Crippen LogP contribution in [-0.2, 0) is 5.41 Å². The lowest BCUT2D eigenvalue weighted by Gasteiger charge is -2.37. The van der Waals surface area contributed by atoms with Gasteiger partial charge in [0.15, 0.2) is 5.78 Å². The van der Waals surface area contributed by atoms with E-state index in [1.54, 1.807) is 31.5 Å². The van der Waals surface area contributed by atoms with Crippen LogP contribution >= 0.6 is 0 Å². The second-order valence-electron chi connectivity index (χ2n) is 8.76. The number of amides is 2. The van der Waals surface area contributed by atoms with Crippen molar-refractivity contribution in [2.45, 2.75) is 38.3 Å². The second-order valence-corrected chi connectivity index (χ2v) is 8.76. The number of fused-ring (bicyclic) bond motifs is 1. The highest BCUT2D eigenvalue weighted by Gasteiger charge is 2.37. The molecule has 0 spiro atoms. The number of carbonyl (C=O) groups excluding carboxylic acids is 2. The molecule has 2 atom stereocenters. The highest BCUT2D eigenvalue weighted by Crippen LogP contribution is 2.39. The zero-order valence-electron chi connectivity index (χ0n) is 19.6. The van der Waals surface area contributed by atoms with Gasteiger partial charge < -0.3 is 26.1 Å². The lowest BCUT2D eigenvalue weighted by Crippen LogP contribution is -2.49. The van der Waals surface area contributed by atoms with E-state index < -0.39 is 17.5 Å². The fraction of sp³-hybridized carbons (Fsp3) is 0.280. The Kier molecular flexibility index (Phi) is 5.87. The highest BCUT2D eigenvalue weighted by atomic mass is 16.5. The van der Waals surface area contributed by atoms with Crippen molar-refractivity contribution in [2.75, 3.05) is 12.8 Å². The predicted molar refractivity (Wildman–Crippen MR) is 131 cm³/mol. The Hall–Kier alpha value is -4.14. The Bertz CT molecular complexity index is 1340. The number of nitrogens with one attached hydrogen (secondary N) is 1. The number of nitrogens with two attached hydrogens (primary N) is 2. The number of ether oxygens (including phenoxy) is 1. The fourth-order valence-electron chi connectivity index (χ4n) is 4.44. The van der Waals surface area contributed by atoms with Crippen LogP contribution in [0.1, 0.15) is 48.3 Å². The van der Waals surface area contributed by atoms with Crippen molar-refractivity contribution in [2.24, 2.45) is 5.73 Å². The van der Waals surface area contributed by atoms with Gasteiger partial charge >= 0.3 is 6.03 Å². The summed E-state index contributed by atoms with van der Waals surface area (Å²) in [4.78, 5) is 33.9. The van der Waals surface area contributed by atoms with Crippen LogP contribution in [0, 0.1) is 0 Å². The number of ketones is 1. The molecule has 3 aromatic rings. The number of urea groups is 1. The van der Waals surface area contributed by atoms with Gasteiger partial charge in [-0.15, -0.1) is 0 Å². The minimum Gasteiger partial charge on any atom is -0.496 e. The number of hydrogen-bond acceptors (Lipinski definition) is 6. The highest BCUT2D eigenvalue weighted by molar-refractivity contribution is 6.18. The number of hydrogen-bond donors (Lipinski definition) is 3. The van der Waals surface area contributed by atoms with Gasteiger partial charge in [0.2, 0.25) is 0 Å². The average molecular weight is 461 g/mol. The fourth-order valence-corrected chi connectivity index (χ4v) is 4.44. The number of anilines is 1. The maximum absolute atomic E-state index is 13.8. The molecule has 0 saturated heterocycles. The summed E-state index contributed by atoms with van der Waals surface area (Å²) in [6, 6.07) is 4.26. The Morgan fingerprint density at radius 2 is 2.00 bits per heavy atom. The Balaban J connectivity index is 1.86. The van der Waals surface area contributed by atoms with Gasteiger partial charge in [-0.05, 0) is 39.0 Å². The minimum absolute atomic E-state index is 0.0727. The van der Waals surface area contributed by atoms with E-state index in [9.17, 15) is 9.59 Å². The van der Waals surface area contributed by atoms with Gasteiger partial charge in [0, 0.05) is 28.8 Å². The summed E-state index contributed by atoms with van der Waals surface area (Å²) < 4.78 is 7.54. The van der Waals surface area contributed by atoms with Crippen LogP contribution in [0.5, 0.6) is 5.75 Å². The number of aromatic nitrogens is 3. The van der Waals surface area contributed by atoms with Crippen molar-refractivity contribution in [3.63, 3.8) is 0 Å². The van der Waals surface area contributed by atoms with E-state index in [1.807, 2.05) is 49.6 Å². The summed E-state index contributed by atoms with van der Waals surface area (Å²) in [7, 11) is 1.57. The third-order valence-electron chi connectivity index (χ3n) is 6.28. The molecule has 0 radical (unpaired) electrons. The number of carbonyl (C=O) groups is 2. The molecule has 9 heteroatoms. The molecular weight excluding hydrogens is 432 g/mol. The molecule has 176 valence electrons. The smallest absolute Gasteiger partial charge is 0.312 e. The van der Waals surface area contributed by atoms with Crippen molar-refractivity contribution in [3.8, 4) is 5.75 Å². The van der Waals surface area contributed by atoms with Gasteiger partial charge in [-0.25, -0.2) is 14.8 Å². The van der Waals surface area contributed by atoms with Crippen molar-refractivity contribution in [1.29, 1.82) is 0 Å². The predicted octanol–water partition coefficient (Wildman–Crippen LogP) is 3.25. The van der Waals surface area contributed by atoms with E-state index in [1.165, 1.54) is 6.33 Å². The van der Waals surface area contributed by atoms with Gasteiger partial charge in [-0.1, -0.05) is 24.3 Å². The summed E-state index contributed by atoms with van der Waals surface area (Å²) in [5.74, 6) is 0.621. The van der Waals surface area contributed by atoms with E-state index in [2.05, 4.69) is 15.3 Å². The molecule has 5 N–H and O–H groups in total. The van der Waals surface area contributed by atoms with E-state index in [-0.39, 0.29) is 17.6 Å². The van der Waals surface area contributed by atoms with Crippen molar-refractivity contribution in [3.05, 3.63) is 71.7 Å². The number of nitrogen functional groups attached to an aromatic ring is 1. The van der Waals surface area contributed by atoms with Crippen LogP contribution in [0.3, 0.4) is 0 Å². The molecule has 34 heavy (non-hydrogen) atoms. The maximum atomic E-state index is 13.8. The van der Waals surface area contributed by atoms with E-state index >= 15 is 0 Å². The summed E-state index contributed by atoms with van der Waals surface area (Å²) in [5, 5.41) is 3.30. The number of benzene rings is 1. The normalized spacial score (nSPS) is 19.5. The molecule has 9 nitrogen and oxygen atoms in total. The molecule has 0 saturated carbocycles. The number of nitrogens with zero attached hydrogens (tertiary/aromatic N) is 3. The lowest BCUT2D eigenvalue weighted by atomic mass is 9.72. The third kappa shape index (κ3) is 3.79. The van der Waals surface area contributed by atoms with Gasteiger partial charge in [0.1, 0.15) is 23.5 Å². The van der Waals surface area contributed by atoms with Crippen molar-refractivity contribution in [1.82, 2.24) is 19.9 Å². The molecule has 1 aromatic carbocycles. The van der Waals surface area contributed by atoms with Crippen LogP contribution in [0.15, 0.2) is 55.0 Å². The lowest BCUT2D eigenvalue weighted by molar-refractivity contribution is 0.103. The first-order chi connectivity index (χ1) is 16.2. The SMILES string of the molecule is COc1ccc(C(=O)c2cn(C(C)C)c3ncnc(N)c23)cc1C1(C)C=CC=CC1NC(N)=O. The zero-order chi connectivity index (χ0) is 24.6. The minimum atomic E-state index is -0.709. The summed E-state index contributed by atoms with van der Waals surface area (Å²) in [6.45, 7) is 5.97. The molecule has 4 rings (SSSR count). The van der Waals surface area contributed by atoms with Crippen LogP contribution in [0.25, 0.3) is 11.0 Å². The molecule has 2 aromatic heterocycles. The monoisotopic (exact) mass is 460 g/mol. The summed E-state index contributed by atoms with van der Waals surface area (Å²) in [5.41, 5.74) is 13.1. The van der Waals surface area contributed by atoms with Gasteiger partial charge in [0.25, 0.3) is 0 Å². The first kappa shape index (κ1) is 23.0. The van der Waals surface area contributed by atoms with E-state index in [0.717, 1.165) is 5.56 Å². The van der Waals surface area contributed by atoms with E-state index in [0.29, 0.717) is 27.9 Å². The number of primary amides is 1. The summed E-state index contributed by atoms with van der Waals surface area (Å²) in [6.07, 6.45) is 10.7. The average Bonchev–Trinajstić information content (AvgIpc) is 3.21. The quantitative estimate of drug-likeness (QED) is 0.483. The van der Waals surface area contributed by atoms with Crippen molar-refractivity contribution >= 4 is 28.7 Å². The maximum Gasteiger partial charge on any atom is 0.312 e. The van der Waals surface area contributed by atoms with Crippen LogP contribution in [-0.4, -0.2) is 39.5 Å². The molecule has 2 amide bonds. The van der Waals surface area contributed by atoms with Gasteiger partial charge in [0.05, 0.1) is 24.1 Å². The Morgan fingerprint density at radius 1 is 1.24 bits per heavy atom. The molecule has 1 aliphatic rings. The van der Waals surface area contributed by atoms with Crippen LogP contribution in [0.4, 0.5) is 10.6 Å². The zero-order valence-corrected chi connectivity index (χ0v) is 19.6. The molecule has 1 aliphatic carbocycles. The third-order valence-corrected chi connectivity index (χ3v) is 6.28. The Morgan fingerprint density at radius 3 is 2.68 bits per heavy atom. The topological polar surface area (TPSA) is 138 Å². The number of methoxy groups -OCH3 is 1. The largest absolute Gasteiger partial charge is 0.496 e. The van der Waals surface area contributed by atoms with Gasteiger partial charge in [-0.2, -0.15) is 0 Å². The molecule has 0 bridgehead atoms. The number of rotatable bonds is 6. The van der Waals surface area contributed by atoms with Gasteiger partial charge in [-0.3, -0.25) is 4.79 Å². The van der Waals surface area contributed by atoms with Crippen molar-refractivity contribution < 1.29 is 14.3 Å². The van der Waals surface area contributed by atoms with E-state index in [4.69, 9.17) is 16.2 Å². The second kappa shape index (κ2) is 8.66. The number of allylic oxidation sites excluding steroid dienone is 2. The first-order valence-corrected chi connectivity index (χ1v) is 10.9. The molecular formula is C25H28N6O3. The Labute approximate surface area is 197 Å². The van der Waals surface area contributed by atoms with Crippen LogP contribution < -0.4 is 21.5 Å². The summed E-state index contributed by atoms with van der Waals surface area (Å²) >= 11 is 0. The molecule has 0 aliphatic heterocycles. The molecule has 2 unspecified atom stereocenters.